The number of rotatable bonds is 7. The number of nitrogens with zero attached hydrogens (tertiary/aromatic N) is 1. The molecular weight excluding hydrogens is 380 g/mol. The largest absolute Gasteiger partial charge is 0.481 e. The number of likely N-dealkylation sites (tertiary alicyclic amines) is 1. The molecule has 0 bridgehead atoms. The van der Waals surface area contributed by atoms with Gasteiger partial charge in [0.05, 0.1) is 0 Å². The molecule has 0 spiro atoms. The van der Waals surface area contributed by atoms with Gasteiger partial charge in [-0.1, -0.05) is 48.5 Å². The summed E-state index contributed by atoms with van der Waals surface area (Å²) in [6.45, 7) is 2.86. The van der Waals surface area contributed by atoms with Crippen LogP contribution in [0.4, 0.5) is 4.79 Å². The van der Waals surface area contributed by atoms with Crippen molar-refractivity contribution in [2.45, 2.75) is 37.6 Å². The second kappa shape index (κ2) is 9.30. The zero-order chi connectivity index (χ0) is 20.9. The third kappa shape index (κ3) is 4.65. The summed E-state index contributed by atoms with van der Waals surface area (Å²) in [6, 6.07) is 16.7. The molecule has 1 aliphatic heterocycles. The van der Waals surface area contributed by atoms with Crippen molar-refractivity contribution in [2.75, 3.05) is 26.2 Å². The third-order valence-corrected chi connectivity index (χ3v) is 6.12. The third-order valence-electron chi connectivity index (χ3n) is 6.12. The van der Waals surface area contributed by atoms with E-state index in [1.165, 1.54) is 22.3 Å². The average Bonchev–Trinajstić information content (AvgIpc) is 3.07. The predicted molar refractivity (Wildman–Crippen MR) is 115 cm³/mol. The summed E-state index contributed by atoms with van der Waals surface area (Å²) in [7, 11) is 0. The highest BCUT2D eigenvalue weighted by molar-refractivity contribution is 5.79. The molecule has 6 nitrogen and oxygen atoms in total. The van der Waals surface area contributed by atoms with Crippen LogP contribution in [0.2, 0.25) is 0 Å². The van der Waals surface area contributed by atoms with E-state index < -0.39 is 5.97 Å². The molecule has 4 rings (SSSR count). The smallest absolute Gasteiger partial charge is 0.407 e. The maximum absolute atomic E-state index is 12.4. The number of alkyl carbamates (subject to hydrolysis) is 1. The molecule has 2 aromatic rings. The van der Waals surface area contributed by atoms with Gasteiger partial charge in [0.1, 0.15) is 6.61 Å². The van der Waals surface area contributed by atoms with Crippen molar-refractivity contribution in [3.8, 4) is 11.1 Å². The zero-order valence-electron chi connectivity index (χ0n) is 17.0. The van der Waals surface area contributed by atoms with Crippen molar-refractivity contribution < 1.29 is 19.4 Å². The van der Waals surface area contributed by atoms with Gasteiger partial charge in [0.25, 0.3) is 0 Å². The summed E-state index contributed by atoms with van der Waals surface area (Å²) in [5.74, 6) is -0.680. The molecule has 0 radical (unpaired) electrons. The van der Waals surface area contributed by atoms with E-state index in [-0.39, 0.29) is 24.5 Å². The maximum atomic E-state index is 12.4. The van der Waals surface area contributed by atoms with E-state index >= 15 is 0 Å². The molecule has 6 heteroatoms. The minimum Gasteiger partial charge on any atom is -0.481 e. The molecule has 30 heavy (non-hydrogen) atoms. The number of carboxylic acid groups (broad SMARTS) is 1. The standard InChI is InChI=1S/C24H28N2O4/c27-23(28)10-5-13-26-14-11-17(12-15-26)25-24(29)30-16-22-20-8-3-1-6-18(20)19-7-2-4-9-21(19)22/h1-4,6-9,17,22H,5,10-16H2,(H,25,29)(H,27,28). The van der Waals surface area contributed by atoms with E-state index in [0.29, 0.717) is 13.0 Å². The number of aliphatic carboxylic acids is 1. The maximum Gasteiger partial charge on any atom is 0.407 e. The molecule has 0 unspecified atom stereocenters. The summed E-state index contributed by atoms with van der Waals surface area (Å²) in [5.41, 5.74) is 4.86. The Morgan fingerprint density at radius 3 is 2.20 bits per heavy atom. The van der Waals surface area contributed by atoms with Crippen LogP contribution in [0.3, 0.4) is 0 Å². The summed E-state index contributed by atoms with van der Waals surface area (Å²) >= 11 is 0. The van der Waals surface area contributed by atoms with Gasteiger partial charge in [-0.15, -0.1) is 0 Å². The van der Waals surface area contributed by atoms with Gasteiger partial charge < -0.3 is 20.1 Å². The average molecular weight is 408 g/mol. The molecule has 2 aliphatic rings. The number of ether oxygens (including phenoxy) is 1. The zero-order valence-corrected chi connectivity index (χ0v) is 17.0. The van der Waals surface area contributed by atoms with E-state index in [0.717, 1.165) is 32.5 Å². The summed E-state index contributed by atoms with van der Waals surface area (Å²) in [5, 5.41) is 11.7. The first-order valence-electron chi connectivity index (χ1n) is 10.7. The van der Waals surface area contributed by atoms with Gasteiger partial charge in [-0.25, -0.2) is 4.79 Å². The van der Waals surface area contributed by atoms with Gasteiger partial charge in [-0.3, -0.25) is 4.79 Å². The molecular formula is C24H28N2O4. The number of benzene rings is 2. The van der Waals surface area contributed by atoms with Crippen LogP contribution in [-0.4, -0.2) is 54.4 Å². The highest BCUT2D eigenvalue weighted by Gasteiger charge is 2.29. The number of carbonyl (C=O) groups excluding carboxylic acids is 1. The van der Waals surface area contributed by atoms with Crippen LogP contribution in [0.5, 0.6) is 0 Å². The van der Waals surface area contributed by atoms with Gasteiger partial charge in [0, 0.05) is 31.5 Å². The number of hydrogen-bond acceptors (Lipinski definition) is 4. The Labute approximate surface area is 176 Å². The van der Waals surface area contributed by atoms with Crippen molar-refractivity contribution in [3.05, 3.63) is 59.7 Å². The lowest BCUT2D eigenvalue weighted by molar-refractivity contribution is -0.137. The number of amides is 1. The minimum atomic E-state index is -0.748. The highest BCUT2D eigenvalue weighted by Crippen LogP contribution is 2.44. The lowest BCUT2D eigenvalue weighted by Crippen LogP contribution is -2.45. The van der Waals surface area contributed by atoms with Gasteiger partial charge in [-0.05, 0) is 48.1 Å². The fourth-order valence-corrected chi connectivity index (χ4v) is 4.56. The Bertz CT molecular complexity index is 860. The summed E-state index contributed by atoms with van der Waals surface area (Å²) in [6.07, 6.45) is 2.23. The number of carboxylic acids is 1. The molecule has 158 valence electrons. The van der Waals surface area contributed by atoms with Crippen molar-refractivity contribution in [3.63, 3.8) is 0 Å². The Morgan fingerprint density at radius 2 is 1.60 bits per heavy atom. The second-order valence-corrected chi connectivity index (χ2v) is 8.08. The van der Waals surface area contributed by atoms with Gasteiger partial charge in [0.2, 0.25) is 0 Å². The molecule has 2 N–H and O–H groups in total. The topological polar surface area (TPSA) is 78.9 Å². The van der Waals surface area contributed by atoms with E-state index in [2.05, 4.69) is 34.5 Å². The van der Waals surface area contributed by atoms with Crippen molar-refractivity contribution in [1.82, 2.24) is 10.2 Å². The van der Waals surface area contributed by atoms with Crippen molar-refractivity contribution in [1.29, 1.82) is 0 Å². The number of nitrogens with one attached hydrogen (secondary N) is 1. The number of carbonyl (C=O) groups is 2. The van der Waals surface area contributed by atoms with Crippen LogP contribution in [-0.2, 0) is 9.53 Å². The van der Waals surface area contributed by atoms with Crippen LogP contribution < -0.4 is 5.32 Å². The van der Waals surface area contributed by atoms with Gasteiger partial charge in [-0.2, -0.15) is 0 Å². The minimum absolute atomic E-state index is 0.0687. The van der Waals surface area contributed by atoms with Crippen molar-refractivity contribution in [2.24, 2.45) is 0 Å². The fourth-order valence-electron chi connectivity index (χ4n) is 4.56. The lowest BCUT2D eigenvalue weighted by Gasteiger charge is -2.32. The Morgan fingerprint density at radius 1 is 1.00 bits per heavy atom. The normalized spacial score (nSPS) is 16.7. The molecule has 0 saturated carbocycles. The second-order valence-electron chi connectivity index (χ2n) is 8.08. The molecule has 1 aliphatic carbocycles. The Hall–Kier alpha value is -2.86. The molecule has 0 aromatic heterocycles. The SMILES string of the molecule is O=C(O)CCCN1CCC(NC(=O)OCC2c3ccccc3-c3ccccc32)CC1. The fraction of sp³-hybridized carbons (Fsp3) is 0.417. The summed E-state index contributed by atoms with van der Waals surface area (Å²) < 4.78 is 5.63. The molecule has 1 amide bonds. The van der Waals surface area contributed by atoms with Crippen molar-refractivity contribution >= 4 is 12.1 Å². The Kier molecular flexibility index (Phi) is 6.33. The monoisotopic (exact) mass is 408 g/mol. The summed E-state index contributed by atoms with van der Waals surface area (Å²) in [4.78, 5) is 25.3. The lowest BCUT2D eigenvalue weighted by atomic mass is 9.98. The van der Waals surface area contributed by atoms with Gasteiger partial charge in [0.15, 0.2) is 0 Å². The number of fused-ring (bicyclic) bond motifs is 3. The van der Waals surface area contributed by atoms with Crippen LogP contribution in [0, 0.1) is 0 Å². The molecule has 2 aromatic carbocycles. The quantitative estimate of drug-likeness (QED) is 0.727. The van der Waals surface area contributed by atoms with Crippen LogP contribution in [0.25, 0.3) is 11.1 Å². The van der Waals surface area contributed by atoms with E-state index in [1.54, 1.807) is 0 Å². The first-order valence-corrected chi connectivity index (χ1v) is 10.7. The van der Waals surface area contributed by atoms with Crippen LogP contribution in [0.1, 0.15) is 42.7 Å². The molecule has 1 fully saturated rings. The van der Waals surface area contributed by atoms with E-state index in [4.69, 9.17) is 9.84 Å². The predicted octanol–water partition coefficient (Wildman–Crippen LogP) is 3.85. The molecule has 1 heterocycles. The first kappa shape index (κ1) is 20.4. The molecule has 0 atom stereocenters. The van der Waals surface area contributed by atoms with E-state index in [1.807, 2.05) is 24.3 Å². The highest BCUT2D eigenvalue weighted by atomic mass is 16.5. The van der Waals surface area contributed by atoms with Gasteiger partial charge >= 0.3 is 12.1 Å². The first-order chi connectivity index (χ1) is 14.6. The van der Waals surface area contributed by atoms with E-state index in [9.17, 15) is 9.59 Å². The number of hydrogen-bond donors (Lipinski definition) is 2. The number of piperidine rings is 1. The van der Waals surface area contributed by atoms with Crippen LogP contribution in [0.15, 0.2) is 48.5 Å². The van der Waals surface area contributed by atoms with Crippen LogP contribution >= 0.6 is 0 Å². The molecule has 1 saturated heterocycles. The Balaban J connectivity index is 1.26.